The van der Waals surface area contributed by atoms with Crippen molar-refractivity contribution in [3.05, 3.63) is 101 Å². The molecule has 0 aliphatic heterocycles. The molecule has 1 fully saturated rings. The summed E-state index contributed by atoms with van der Waals surface area (Å²) in [7, 11) is 0. The van der Waals surface area contributed by atoms with E-state index in [1.54, 1.807) is 12.1 Å². The maximum Gasteiger partial charge on any atom is 0.446 e. The van der Waals surface area contributed by atoms with Gasteiger partial charge in [-0.05, 0) is 77.0 Å². The number of carboxylic acid groups (broad SMARTS) is 1. The number of benzene rings is 3. The van der Waals surface area contributed by atoms with Crippen molar-refractivity contribution in [3.63, 3.8) is 0 Å². The minimum absolute atomic E-state index is 0.0137. The van der Waals surface area contributed by atoms with Crippen LogP contribution in [-0.4, -0.2) is 35.1 Å². The second kappa shape index (κ2) is 13.3. The van der Waals surface area contributed by atoms with E-state index in [9.17, 15) is 27.6 Å². The molecule has 42 heavy (non-hydrogen) atoms. The minimum atomic E-state index is -4.46. The molecule has 0 spiro atoms. The number of hydrogen-bond acceptors (Lipinski definition) is 4. The van der Waals surface area contributed by atoms with Gasteiger partial charge in [-0.15, -0.1) is 0 Å². The normalized spacial score (nSPS) is 15.4. The Morgan fingerprint density at radius 3 is 1.86 bits per heavy atom. The Labute approximate surface area is 246 Å². The zero-order chi connectivity index (χ0) is 30.3. The molecule has 1 aliphatic rings. The van der Waals surface area contributed by atoms with Gasteiger partial charge in [0.1, 0.15) is 5.54 Å². The van der Waals surface area contributed by atoms with Crippen LogP contribution in [0.25, 0.3) is 0 Å². The summed E-state index contributed by atoms with van der Waals surface area (Å²) in [5.74, 6) is -1.08. The molecule has 1 saturated carbocycles. The molecule has 4 rings (SSSR count). The molecule has 1 unspecified atom stereocenters. The highest BCUT2D eigenvalue weighted by molar-refractivity contribution is 8.00. The number of nitrogens with two attached hydrogens (primary N) is 1. The molecule has 0 radical (unpaired) electrons. The van der Waals surface area contributed by atoms with Gasteiger partial charge in [-0.1, -0.05) is 67.8 Å². The van der Waals surface area contributed by atoms with E-state index in [0.717, 1.165) is 25.7 Å². The van der Waals surface area contributed by atoms with Crippen LogP contribution in [0.5, 0.6) is 0 Å². The van der Waals surface area contributed by atoms with Crippen LogP contribution in [0.2, 0.25) is 0 Å². The molecule has 3 aromatic carbocycles. The number of rotatable bonds is 10. The summed E-state index contributed by atoms with van der Waals surface area (Å²) in [5.41, 5.74) is 2.91. The van der Waals surface area contributed by atoms with E-state index in [0.29, 0.717) is 22.6 Å². The zero-order valence-electron chi connectivity index (χ0n) is 22.7. The van der Waals surface area contributed by atoms with E-state index in [1.807, 2.05) is 24.3 Å². The number of nitrogens with one attached hydrogen (secondary N) is 2. The number of aliphatic carboxylic acids is 1. The molecule has 7 nitrogen and oxygen atoms in total. The van der Waals surface area contributed by atoms with Crippen molar-refractivity contribution < 1.29 is 32.7 Å². The summed E-state index contributed by atoms with van der Waals surface area (Å²) in [6.07, 6.45) is 5.51. The van der Waals surface area contributed by atoms with Crippen LogP contribution in [0, 0.1) is 0 Å². The first-order chi connectivity index (χ1) is 20.0. The summed E-state index contributed by atoms with van der Waals surface area (Å²) in [4.78, 5) is 35.8. The molecule has 0 saturated heterocycles. The first-order valence-corrected chi connectivity index (χ1v) is 14.4. The number of primary amides is 1. The number of hydrogen-bond donors (Lipinski definition) is 4. The Hall–Kier alpha value is -3.99. The highest BCUT2D eigenvalue weighted by atomic mass is 32.2. The van der Waals surface area contributed by atoms with Crippen molar-refractivity contribution in [2.24, 2.45) is 5.73 Å². The summed E-state index contributed by atoms with van der Waals surface area (Å²) in [6.45, 7) is -0.0429. The lowest BCUT2D eigenvalue weighted by Crippen LogP contribution is -2.50. The van der Waals surface area contributed by atoms with Crippen LogP contribution in [0.1, 0.15) is 77.1 Å². The van der Waals surface area contributed by atoms with E-state index < -0.39 is 29.0 Å². The Morgan fingerprint density at radius 1 is 0.833 bits per heavy atom. The van der Waals surface area contributed by atoms with Gasteiger partial charge < -0.3 is 21.5 Å². The zero-order valence-corrected chi connectivity index (χ0v) is 23.6. The van der Waals surface area contributed by atoms with E-state index in [4.69, 9.17) is 10.8 Å². The smallest absolute Gasteiger partial charge is 0.446 e. The molecule has 5 N–H and O–H groups in total. The molecule has 1 atom stereocenters. The van der Waals surface area contributed by atoms with Crippen LogP contribution in [0.15, 0.2) is 77.7 Å². The predicted octanol–water partition coefficient (Wildman–Crippen LogP) is 6.51. The second-order valence-electron chi connectivity index (χ2n) is 10.2. The highest BCUT2D eigenvalue weighted by Crippen LogP contribution is 2.41. The van der Waals surface area contributed by atoms with Crippen LogP contribution in [0.3, 0.4) is 0 Å². The predicted molar refractivity (Wildman–Crippen MR) is 154 cm³/mol. The molecule has 3 amide bonds. The van der Waals surface area contributed by atoms with Gasteiger partial charge in [-0.2, -0.15) is 13.2 Å². The first-order valence-electron chi connectivity index (χ1n) is 13.6. The summed E-state index contributed by atoms with van der Waals surface area (Å²) < 4.78 is 39.1. The summed E-state index contributed by atoms with van der Waals surface area (Å²) in [6, 6.07) is 19.0. The standard InChI is InChI=1S/C31H32F3N3O4S/c32-31(33,34)42-26-16-14-25(15-17-26)30(37-29(35)41,23-10-6-21(7-11-23)20-4-2-1-3-5-20)24-12-8-22(9-13-24)28(40)36-19-18-27(38)39/h6-17,20H,1-5,18-19H2,(H,36,40)(H,38,39)(H3,35,37,41). The number of urea groups is 1. The molecule has 0 bridgehead atoms. The highest BCUT2D eigenvalue weighted by Gasteiger charge is 2.38. The monoisotopic (exact) mass is 599 g/mol. The molecule has 222 valence electrons. The first kappa shape index (κ1) is 31.0. The van der Waals surface area contributed by atoms with E-state index in [-0.39, 0.29) is 35.2 Å². The number of carboxylic acids is 1. The van der Waals surface area contributed by atoms with Gasteiger partial charge >= 0.3 is 17.5 Å². The lowest BCUT2D eigenvalue weighted by molar-refractivity contribution is -0.136. The van der Waals surface area contributed by atoms with Crippen molar-refractivity contribution in [3.8, 4) is 0 Å². The maximum absolute atomic E-state index is 13.0. The fraction of sp³-hybridized carbons (Fsp3) is 0.323. The number of alkyl halides is 3. The lowest BCUT2D eigenvalue weighted by Gasteiger charge is -2.36. The third-order valence-corrected chi connectivity index (χ3v) is 8.20. The van der Waals surface area contributed by atoms with Gasteiger partial charge in [0.15, 0.2) is 0 Å². The van der Waals surface area contributed by atoms with Crippen molar-refractivity contribution in [1.82, 2.24) is 10.6 Å². The molecule has 11 heteroatoms. The van der Waals surface area contributed by atoms with Gasteiger partial charge in [0.05, 0.1) is 6.42 Å². The van der Waals surface area contributed by atoms with Gasteiger partial charge in [0, 0.05) is 17.0 Å². The fourth-order valence-corrected chi connectivity index (χ4v) is 6.05. The average molecular weight is 600 g/mol. The summed E-state index contributed by atoms with van der Waals surface area (Å²) >= 11 is -0.237. The third kappa shape index (κ3) is 7.64. The van der Waals surface area contributed by atoms with Gasteiger partial charge in [0.2, 0.25) is 0 Å². The van der Waals surface area contributed by atoms with Gasteiger partial charge in [-0.3, -0.25) is 9.59 Å². The van der Waals surface area contributed by atoms with E-state index >= 15 is 0 Å². The SMILES string of the molecule is NC(=O)NC(c1ccc(SC(F)(F)F)cc1)(c1ccc(C(=O)NCCC(=O)O)cc1)c1ccc(C2CCCCC2)cc1. The topological polar surface area (TPSA) is 122 Å². The molecule has 3 aromatic rings. The van der Waals surface area contributed by atoms with Crippen LogP contribution >= 0.6 is 11.8 Å². The van der Waals surface area contributed by atoms with Crippen LogP contribution < -0.4 is 16.4 Å². The largest absolute Gasteiger partial charge is 0.481 e. The van der Waals surface area contributed by atoms with Crippen molar-refractivity contribution in [2.75, 3.05) is 6.54 Å². The van der Waals surface area contributed by atoms with Crippen molar-refractivity contribution >= 4 is 29.7 Å². The minimum Gasteiger partial charge on any atom is -0.481 e. The average Bonchev–Trinajstić information content (AvgIpc) is 2.96. The van der Waals surface area contributed by atoms with Crippen molar-refractivity contribution in [2.45, 2.75) is 60.4 Å². The number of halogens is 3. The van der Waals surface area contributed by atoms with Crippen LogP contribution in [0.4, 0.5) is 18.0 Å². The van der Waals surface area contributed by atoms with E-state index in [2.05, 4.69) is 10.6 Å². The second-order valence-corrected chi connectivity index (χ2v) is 11.4. The van der Waals surface area contributed by atoms with Crippen molar-refractivity contribution in [1.29, 1.82) is 0 Å². The molecule has 1 aliphatic carbocycles. The Balaban J connectivity index is 1.78. The molecule has 0 heterocycles. The number of amides is 3. The fourth-order valence-electron chi connectivity index (χ4n) is 5.51. The number of carbonyl (C=O) groups excluding carboxylic acids is 2. The maximum atomic E-state index is 13.0. The molecule has 0 aromatic heterocycles. The Morgan fingerprint density at radius 2 is 1.36 bits per heavy atom. The quantitative estimate of drug-likeness (QED) is 0.156. The number of carbonyl (C=O) groups is 3. The lowest BCUT2D eigenvalue weighted by atomic mass is 9.75. The Bertz CT molecular complexity index is 1390. The summed E-state index contributed by atoms with van der Waals surface area (Å²) in [5, 5.41) is 14.2. The van der Waals surface area contributed by atoms with Gasteiger partial charge in [0.25, 0.3) is 5.91 Å². The van der Waals surface area contributed by atoms with E-state index in [1.165, 1.54) is 48.4 Å². The molecular formula is C31H32F3N3O4S. The Kier molecular flexibility index (Phi) is 9.82. The van der Waals surface area contributed by atoms with Gasteiger partial charge in [-0.25, -0.2) is 4.79 Å². The molecular weight excluding hydrogens is 567 g/mol. The third-order valence-electron chi connectivity index (χ3n) is 7.46. The van der Waals surface area contributed by atoms with Crippen LogP contribution in [-0.2, 0) is 10.3 Å². The number of thioether (sulfide) groups is 1.